The number of benzene rings is 1. The van der Waals surface area contributed by atoms with Crippen LogP contribution in [-0.4, -0.2) is 14.5 Å². The van der Waals surface area contributed by atoms with Crippen molar-refractivity contribution in [3.8, 4) is 12.1 Å². The number of nitrogens with one attached hydrogen (secondary N) is 1. The van der Waals surface area contributed by atoms with Gasteiger partial charge in [0.15, 0.2) is 0 Å². The lowest BCUT2D eigenvalue weighted by Gasteiger charge is -2.19. The van der Waals surface area contributed by atoms with E-state index in [1.54, 1.807) is 19.9 Å². The first kappa shape index (κ1) is 20.4. The molecule has 2 aromatic heterocycles. The Morgan fingerprint density at radius 3 is 2.52 bits per heavy atom. The molecular formula is C22H18F2N6O. The third kappa shape index (κ3) is 3.49. The van der Waals surface area contributed by atoms with Crippen molar-refractivity contribution in [2.75, 3.05) is 5.32 Å². The highest BCUT2D eigenvalue weighted by Gasteiger charge is 2.46. The minimum absolute atomic E-state index is 0.137. The van der Waals surface area contributed by atoms with E-state index in [2.05, 4.69) is 27.4 Å². The van der Waals surface area contributed by atoms with Crippen LogP contribution in [0.3, 0.4) is 0 Å². The highest BCUT2D eigenvalue weighted by Crippen LogP contribution is 2.42. The molecule has 31 heavy (non-hydrogen) atoms. The molecule has 7 nitrogen and oxygen atoms in total. The first-order valence-electron chi connectivity index (χ1n) is 9.66. The van der Waals surface area contributed by atoms with Gasteiger partial charge in [0.25, 0.3) is 12.0 Å². The number of nitrogens with zero attached hydrogens (tertiary/aromatic N) is 5. The molecule has 1 aliphatic rings. The van der Waals surface area contributed by atoms with Gasteiger partial charge < -0.3 is 5.32 Å². The molecule has 1 atom stereocenters. The van der Waals surface area contributed by atoms with Crippen LogP contribution in [0.5, 0.6) is 0 Å². The second-order valence-electron chi connectivity index (χ2n) is 7.61. The van der Waals surface area contributed by atoms with E-state index < -0.39 is 18.0 Å². The Bertz CT molecular complexity index is 1330. The van der Waals surface area contributed by atoms with Gasteiger partial charge in [-0.15, -0.1) is 0 Å². The average molecular weight is 420 g/mol. The van der Waals surface area contributed by atoms with E-state index in [1.165, 1.54) is 29.0 Å². The molecule has 1 saturated carbocycles. The van der Waals surface area contributed by atoms with Gasteiger partial charge in [-0.1, -0.05) is 18.2 Å². The number of aromatic nitrogens is 3. The molecule has 3 aromatic rings. The molecule has 0 spiro atoms. The van der Waals surface area contributed by atoms with Crippen LogP contribution in [0.2, 0.25) is 0 Å². The Morgan fingerprint density at radius 1 is 1.19 bits per heavy atom. The number of fused-ring (bicyclic) bond motifs is 1. The van der Waals surface area contributed by atoms with Crippen molar-refractivity contribution in [3.05, 3.63) is 63.3 Å². The lowest BCUT2D eigenvalue weighted by Crippen LogP contribution is -2.28. The molecule has 4 rings (SSSR count). The topological polar surface area (TPSA) is 107 Å². The van der Waals surface area contributed by atoms with Gasteiger partial charge in [0, 0.05) is 17.8 Å². The normalized spacial score (nSPS) is 15.3. The summed E-state index contributed by atoms with van der Waals surface area (Å²) in [6.45, 7) is 3.20. The summed E-state index contributed by atoms with van der Waals surface area (Å²) in [5, 5.41) is 22.7. The van der Waals surface area contributed by atoms with Gasteiger partial charge in [-0.05, 0) is 37.8 Å². The van der Waals surface area contributed by atoms with Crippen molar-refractivity contribution in [3.63, 3.8) is 0 Å². The number of pyridine rings is 1. The lowest BCUT2D eigenvalue weighted by molar-refractivity contribution is 0.150. The first-order valence-corrected chi connectivity index (χ1v) is 9.66. The van der Waals surface area contributed by atoms with E-state index in [0.29, 0.717) is 46.5 Å². The van der Waals surface area contributed by atoms with Crippen molar-refractivity contribution in [1.82, 2.24) is 14.5 Å². The van der Waals surface area contributed by atoms with Gasteiger partial charge in [-0.25, -0.2) is 18.7 Å². The van der Waals surface area contributed by atoms with Crippen LogP contribution >= 0.6 is 0 Å². The third-order valence-corrected chi connectivity index (χ3v) is 5.61. The second kappa shape index (κ2) is 7.44. The molecule has 0 aliphatic heterocycles. The molecule has 1 N–H and O–H groups in total. The Balaban J connectivity index is 1.84. The van der Waals surface area contributed by atoms with E-state index in [4.69, 9.17) is 0 Å². The van der Waals surface area contributed by atoms with Crippen LogP contribution in [0, 0.1) is 36.5 Å². The maximum absolute atomic E-state index is 13.3. The Morgan fingerprint density at radius 2 is 1.90 bits per heavy atom. The molecule has 0 unspecified atom stereocenters. The average Bonchev–Trinajstić information content (AvgIpc) is 3.52. The smallest absolute Gasteiger partial charge is 0.264 e. The van der Waals surface area contributed by atoms with E-state index >= 15 is 0 Å². The van der Waals surface area contributed by atoms with Crippen molar-refractivity contribution >= 4 is 16.7 Å². The molecule has 9 heteroatoms. The molecular weight excluding hydrogens is 402 g/mol. The first-order chi connectivity index (χ1) is 14.8. The molecule has 0 bridgehead atoms. The van der Waals surface area contributed by atoms with Crippen molar-refractivity contribution < 1.29 is 8.78 Å². The van der Waals surface area contributed by atoms with E-state index in [-0.39, 0.29) is 11.1 Å². The molecule has 0 saturated heterocycles. The highest BCUT2D eigenvalue weighted by molar-refractivity contribution is 5.88. The van der Waals surface area contributed by atoms with Gasteiger partial charge in [0.2, 0.25) is 0 Å². The van der Waals surface area contributed by atoms with Crippen molar-refractivity contribution in [2.24, 2.45) is 0 Å². The maximum Gasteiger partial charge on any atom is 0.264 e. The molecule has 2 heterocycles. The zero-order chi connectivity index (χ0) is 22.3. The monoisotopic (exact) mass is 420 g/mol. The highest BCUT2D eigenvalue weighted by atomic mass is 19.3. The van der Waals surface area contributed by atoms with Gasteiger partial charge in [0.05, 0.1) is 23.0 Å². The minimum atomic E-state index is -2.66. The van der Waals surface area contributed by atoms with E-state index in [1.807, 2.05) is 0 Å². The zero-order valence-corrected chi connectivity index (χ0v) is 16.9. The summed E-state index contributed by atoms with van der Waals surface area (Å²) in [7, 11) is 0. The summed E-state index contributed by atoms with van der Waals surface area (Å²) in [6.07, 6.45) is 0.0268. The van der Waals surface area contributed by atoms with Gasteiger partial charge >= 0.3 is 0 Å². The summed E-state index contributed by atoms with van der Waals surface area (Å²) in [5.74, 6) is 0.668. The third-order valence-electron chi connectivity index (χ3n) is 5.61. The fraction of sp³-hybridized carbons (Fsp3) is 0.318. The van der Waals surface area contributed by atoms with Crippen LogP contribution in [0.1, 0.15) is 47.8 Å². The summed E-state index contributed by atoms with van der Waals surface area (Å²) in [6, 6.07) is 9.11. The Hall–Kier alpha value is -3.85. The van der Waals surface area contributed by atoms with Gasteiger partial charge in [-0.3, -0.25) is 9.36 Å². The molecule has 156 valence electrons. The fourth-order valence-corrected chi connectivity index (χ4v) is 3.73. The number of alkyl halides is 2. The molecule has 1 aromatic carbocycles. The minimum Gasteiger partial charge on any atom is -0.350 e. The number of nitriles is 2. The zero-order valence-electron chi connectivity index (χ0n) is 16.9. The summed E-state index contributed by atoms with van der Waals surface area (Å²) >= 11 is 0. The number of rotatable bonds is 5. The Kier molecular flexibility index (Phi) is 4.90. The number of halogens is 2. The molecule has 1 fully saturated rings. The van der Waals surface area contributed by atoms with Crippen LogP contribution in [0.25, 0.3) is 10.9 Å². The number of hydrogen-bond acceptors (Lipinski definition) is 6. The van der Waals surface area contributed by atoms with Crippen LogP contribution in [-0.2, 0) is 5.54 Å². The predicted octanol–water partition coefficient (Wildman–Crippen LogP) is 4.04. The number of anilines is 1. The fourth-order valence-electron chi connectivity index (χ4n) is 3.73. The summed E-state index contributed by atoms with van der Waals surface area (Å²) < 4.78 is 28.0. The largest absolute Gasteiger partial charge is 0.350 e. The predicted molar refractivity (Wildman–Crippen MR) is 109 cm³/mol. The standard InChI is InChI=1S/C22H18F2N6O/c1-12-14(4-3-5-15(12)20(23)24)18(9-25)29-21-16-10-30(22(11-26)6-7-22)19(31)8-17(16)27-13(2)28-21/h3-5,8,10,18,20H,6-7H2,1-2H3,(H,27,28,29)/t18-/m1/s1. The van der Waals surface area contributed by atoms with E-state index in [9.17, 15) is 24.1 Å². The van der Waals surface area contributed by atoms with E-state index in [0.717, 1.165) is 0 Å². The SMILES string of the molecule is Cc1nc(N[C@H](C#N)c2cccc(C(F)F)c2C)c2cn(C3(C#N)CC3)c(=O)cc2n1. The Labute approximate surface area is 176 Å². The number of hydrogen-bond donors (Lipinski definition) is 1. The quantitative estimate of drug-likeness (QED) is 0.668. The molecule has 0 amide bonds. The summed E-state index contributed by atoms with van der Waals surface area (Å²) in [4.78, 5) is 21.2. The van der Waals surface area contributed by atoms with Crippen molar-refractivity contribution in [1.29, 1.82) is 10.5 Å². The van der Waals surface area contributed by atoms with Crippen LogP contribution in [0.15, 0.2) is 35.3 Å². The molecule has 1 aliphatic carbocycles. The lowest BCUT2D eigenvalue weighted by atomic mass is 9.97. The summed E-state index contributed by atoms with van der Waals surface area (Å²) in [5.41, 5.74) is -0.238. The van der Waals surface area contributed by atoms with Gasteiger partial charge in [0.1, 0.15) is 23.2 Å². The van der Waals surface area contributed by atoms with Crippen LogP contribution < -0.4 is 10.9 Å². The molecule has 0 radical (unpaired) electrons. The van der Waals surface area contributed by atoms with Crippen LogP contribution in [0.4, 0.5) is 14.6 Å². The number of aryl methyl sites for hydroxylation is 1. The second-order valence-corrected chi connectivity index (χ2v) is 7.61. The van der Waals surface area contributed by atoms with Crippen molar-refractivity contribution in [2.45, 2.75) is 44.7 Å². The van der Waals surface area contributed by atoms with Gasteiger partial charge in [-0.2, -0.15) is 10.5 Å². The maximum atomic E-state index is 13.3.